The van der Waals surface area contributed by atoms with E-state index in [4.69, 9.17) is 0 Å². The Morgan fingerprint density at radius 2 is 2.38 bits per heavy atom. The molecule has 1 N–H and O–H groups in total. The van der Waals surface area contributed by atoms with Crippen molar-refractivity contribution in [1.29, 1.82) is 0 Å². The van der Waals surface area contributed by atoms with E-state index in [1.807, 2.05) is 0 Å². The van der Waals surface area contributed by atoms with Crippen molar-refractivity contribution in [1.82, 2.24) is 9.97 Å². The average molecular weight is 181 g/mol. The smallest absolute Gasteiger partial charge is 0.129 e. The molecule has 1 fully saturated rings. The molecular weight excluding hydrogens is 169 g/mol. The van der Waals surface area contributed by atoms with Gasteiger partial charge in [0, 0.05) is 6.20 Å². The minimum Gasteiger partial charge on any atom is -0.364 e. The fourth-order valence-electron chi connectivity index (χ4n) is 1.64. The molecule has 1 aliphatic rings. The van der Waals surface area contributed by atoms with Crippen LogP contribution in [-0.4, -0.2) is 22.2 Å². The van der Waals surface area contributed by atoms with Gasteiger partial charge in [0.1, 0.15) is 18.3 Å². The number of hydrogen-bond acceptors (Lipinski definition) is 3. The maximum atomic E-state index is 13.2. The number of nitrogens with one attached hydrogen (secondary N) is 1. The molecule has 1 aromatic heterocycles. The molecule has 0 radical (unpaired) electrons. The molecule has 2 rings (SSSR count). The van der Waals surface area contributed by atoms with E-state index in [2.05, 4.69) is 15.3 Å². The average Bonchev–Trinajstić information content (AvgIpc) is 2.54. The van der Waals surface area contributed by atoms with Gasteiger partial charge < -0.3 is 5.32 Å². The molecule has 0 saturated heterocycles. The maximum Gasteiger partial charge on any atom is 0.129 e. The van der Waals surface area contributed by atoms with Gasteiger partial charge in [-0.25, -0.2) is 14.4 Å². The second kappa shape index (κ2) is 3.68. The Morgan fingerprint density at radius 1 is 1.46 bits per heavy atom. The lowest BCUT2D eigenvalue weighted by molar-refractivity contribution is 0.323. The summed E-state index contributed by atoms with van der Waals surface area (Å²) >= 11 is 0. The van der Waals surface area contributed by atoms with Gasteiger partial charge in [0.2, 0.25) is 0 Å². The second-order valence-electron chi connectivity index (χ2n) is 3.29. The predicted octanol–water partition coefficient (Wildman–Crippen LogP) is 1.78. The van der Waals surface area contributed by atoms with E-state index in [0.29, 0.717) is 12.2 Å². The lowest BCUT2D eigenvalue weighted by Crippen LogP contribution is -2.25. The van der Waals surface area contributed by atoms with Gasteiger partial charge in [-0.05, 0) is 25.3 Å². The van der Waals surface area contributed by atoms with Crippen LogP contribution >= 0.6 is 0 Å². The molecule has 0 unspecified atom stereocenters. The zero-order valence-corrected chi connectivity index (χ0v) is 7.28. The Hall–Kier alpha value is -1.19. The van der Waals surface area contributed by atoms with Crippen molar-refractivity contribution in [2.24, 2.45) is 0 Å². The predicted molar refractivity (Wildman–Crippen MR) is 48.2 cm³/mol. The van der Waals surface area contributed by atoms with E-state index in [-0.39, 0.29) is 6.04 Å². The fourth-order valence-corrected chi connectivity index (χ4v) is 1.64. The number of halogens is 1. The molecule has 0 bridgehead atoms. The highest BCUT2D eigenvalue weighted by atomic mass is 19.1. The molecule has 0 aliphatic heterocycles. The maximum absolute atomic E-state index is 13.2. The molecule has 1 aliphatic carbocycles. The van der Waals surface area contributed by atoms with Crippen LogP contribution in [0.5, 0.6) is 0 Å². The molecular formula is C9H12FN3. The minimum atomic E-state index is -0.727. The Labute approximate surface area is 76.4 Å². The summed E-state index contributed by atoms with van der Waals surface area (Å²) < 4.78 is 13.2. The number of hydrogen-bond donors (Lipinski definition) is 1. The molecule has 70 valence electrons. The third kappa shape index (κ3) is 1.94. The van der Waals surface area contributed by atoms with Crippen LogP contribution in [0.25, 0.3) is 0 Å². The van der Waals surface area contributed by atoms with Crippen LogP contribution in [0.4, 0.5) is 10.2 Å². The third-order valence-electron chi connectivity index (χ3n) is 2.35. The Bertz CT molecular complexity index is 265. The highest BCUT2D eigenvalue weighted by molar-refractivity contribution is 5.33. The van der Waals surface area contributed by atoms with Gasteiger partial charge in [0.05, 0.1) is 6.04 Å². The number of alkyl halides is 1. The van der Waals surface area contributed by atoms with Crippen LogP contribution in [0.3, 0.4) is 0 Å². The Morgan fingerprint density at radius 3 is 3.00 bits per heavy atom. The number of nitrogens with zero attached hydrogens (tertiary/aromatic N) is 2. The largest absolute Gasteiger partial charge is 0.364 e. The van der Waals surface area contributed by atoms with E-state index in [9.17, 15) is 4.39 Å². The standard InChI is InChI=1S/C9H12FN3/c10-7-2-1-3-8(7)13-9-4-5-11-6-12-9/h4-8H,1-3H2,(H,11,12,13)/t7-,8-/m1/s1. The molecule has 3 nitrogen and oxygen atoms in total. The molecule has 1 saturated carbocycles. The Kier molecular flexibility index (Phi) is 2.38. The van der Waals surface area contributed by atoms with Crippen molar-refractivity contribution in [3.63, 3.8) is 0 Å². The summed E-state index contributed by atoms with van der Waals surface area (Å²) in [4.78, 5) is 7.78. The minimum absolute atomic E-state index is 0.0603. The van der Waals surface area contributed by atoms with Crippen LogP contribution in [0.1, 0.15) is 19.3 Å². The van der Waals surface area contributed by atoms with E-state index in [1.54, 1.807) is 12.3 Å². The summed E-state index contributed by atoms with van der Waals surface area (Å²) in [7, 11) is 0. The first-order valence-electron chi connectivity index (χ1n) is 4.53. The van der Waals surface area contributed by atoms with Crippen molar-refractivity contribution in [3.8, 4) is 0 Å². The lowest BCUT2D eigenvalue weighted by Gasteiger charge is -2.14. The summed E-state index contributed by atoms with van der Waals surface area (Å²) in [5.74, 6) is 0.713. The molecule has 1 aromatic rings. The summed E-state index contributed by atoms with van der Waals surface area (Å²) in [6.07, 6.45) is 4.91. The SMILES string of the molecule is F[C@@H]1CCC[C@H]1Nc1ccncn1. The molecule has 1 heterocycles. The van der Waals surface area contributed by atoms with E-state index >= 15 is 0 Å². The number of aromatic nitrogens is 2. The zero-order chi connectivity index (χ0) is 9.10. The van der Waals surface area contributed by atoms with Gasteiger partial charge in [-0.3, -0.25) is 0 Å². The molecule has 0 spiro atoms. The van der Waals surface area contributed by atoms with Crippen LogP contribution in [-0.2, 0) is 0 Å². The first-order valence-corrected chi connectivity index (χ1v) is 4.53. The fraction of sp³-hybridized carbons (Fsp3) is 0.556. The monoisotopic (exact) mass is 181 g/mol. The molecule has 2 atom stereocenters. The van der Waals surface area contributed by atoms with Crippen molar-refractivity contribution < 1.29 is 4.39 Å². The highest BCUT2D eigenvalue weighted by Crippen LogP contribution is 2.24. The van der Waals surface area contributed by atoms with Gasteiger partial charge in [-0.2, -0.15) is 0 Å². The van der Waals surface area contributed by atoms with Crippen LogP contribution < -0.4 is 5.32 Å². The van der Waals surface area contributed by atoms with Gasteiger partial charge >= 0.3 is 0 Å². The molecule has 0 amide bonds. The van der Waals surface area contributed by atoms with Crippen LogP contribution in [0.2, 0.25) is 0 Å². The number of anilines is 1. The summed E-state index contributed by atoms with van der Waals surface area (Å²) in [6.45, 7) is 0. The van der Waals surface area contributed by atoms with Crippen LogP contribution in [0, 0.1) is 0 Å². The van der Waals surface area contributed by atoms with Crippen molar-refractivity contribution in [3.05, 3.63) is 18.6 Å². The van der Waals surface area contributed by atoms with E-state index in [1.165, 1.54) is 6.33 Å². The zero-order valence-electron chi connectivity index (χ0n) is 7.28. The first kappa shape index (κ1) is 8.41. The van der Waals surface area contributed by atoms with Crippen molar-refractivity contribution in [2.45, 2.75) is 31.5 Å². The van der Waals surface area contributed by atoms with Crippen molar-refractivity contribution in [2.75, 3.05) is 5.32 Å². The normalized spacial score (nSPS) is 27.5. The van der Waals surface area contributed by atoms with Gasteiger partial charge in [-0.15, -0.1) is 0 Å². The second-order valence-corrected chi connectivity index (χ2v) is 3.29. The molecule has 4 heteroatoms. The van der Waals surface area contributed by atoms with Crippen LogP contribution in [0.15, 0.2) is 18.6 Å². The third-order valence-corrected chi connectivity index (χ3v) is 2.35. The Balaban J connectivity index is 1.98. The van der Waals surface area contributed by atoms with E-state index in [0.717, 1.165) is 12.8 Å². The van der Waals surface area contributed by atoms with Gasteiger partial charge in [0.25, 0.3) is 0 Å². The summed E-state index contributed by atoms with van der Waals surface area (Å²) in [6, 6.07) is 1.69. The summed E-state index contributed by atoms with van der Waals surface area (Å²) in [5, 5.41) is 3.06. The quantitative estimate of drug-likeness (QED) is 0.755. The van der Waals surface area contributed by atoms with Crippen molar-refractivity contribution >= 4 is 5.82 Å². The molecule has 13 heavy (non-hydrogen) atoms. The van der Waals surface area contributed by atoms with E-state index < -0.39 is 6.17 Å². The highest BCUT2D eigenvalue weighted by Gasteiger charge is 2.26. The number of rotatable bonds is 2. The lowest BCUT2D eigenvalue weighted by atomic mass is 10.2. The molecule has 0 aromatic carbocycles. The summed E-state index contributed by atoms with van der Waals surface area (Å²) in [5.41, 5.74) is 0. The van der Waals surface area contributed by atoms with Gasteiger partial charge in [-0.1, -0.05) is 0 Å². The topological polar surface area (TPSA) is 37.8 Å². The first-order chi connectivity index (χ1) is 6.36. The van der Waals surface area contributed by atoms with Gasteiger partial charge in [0.15, 0.2) is 0 Å².